The first-order valence-corrected chi connectivity index (χ1v) is 20.2. The highest BCUT2D eigenvalue weighted by molar-refractivity contribution is 6.28. The van der Waals surface area contributed by atoms with Crippen LogP contribution in [-0.2, 0) is 0 Å². The van der Waals surface area contributed by atoms with E-state index in [9.17, 15) is 0 Å². The minimum absolute atomic E-state index is 0.0681. The standard InChI is InChI=1S/C57H37N/c1-3-17-40(18-4-1)55-48-26-14-13-25-47(48)54(50-34-32-38-16-8-11-23-45(38)57(50)55)41-29-27-39(28-30-41)52-36-53(58(52)43-20-5-2-6-21-43)56-46-24-12-9-19-42(46)35-51-44-22-10-7-15-37(44)31-33-49(51)56/h1-36,53H. The SMILES string of the molecule is C1=C(c2ccc(-c3c4ccccc4c(-c4ccccc4)c4c3ccc3ccccc34)cc2)N(c2ccccc2)C1c1c2ccccc2cc2c1ccc1ccccc12. The Morgan fingerprint density at radius 2 is 0.828 bits per heavy atom. The first-order valence-electron chi connectivity index (χ1n) is 20.2. The van der Waals surface area contributed by atoms with Crippen molar-refractivity contribution in [1.29, 1.82) is 0 Å². The summed E-state index contributed by atoms with van der Waals surface area (Å²) in [6, 6.07) is 78.3. The molecule has 1 heterocycles. The number of rotatable bonds is 5. The van der Waals surface area contributed by atoms with Crippen molar-refractivity contribution in [2.24, 2.45) is 0 Å². The van der Waals surface area contributed by atoms with Gasteiger partial charge in [-0.15, -0.1) is 0 Å². The van der Waals surface area contributed by atoms with Crippen molar-refractivity contribution in [2.45, 2.75) is 6.04 Å². The first kappa shape index (κ1) is 32.7. The first-order chi connectivity index (χ1) is 28.8. The van der Waals surface area contributed by atoms with Gasteiger partial charge in [0.25, 0.3) is 0 Å². The fraction of sp³-hybridized carbons (Fsp3) is 0.0175. The van der Waals surface area contributed by atoms with Crippen molar-refractivity contribution in [3.8, 4) is 22.3 Å². The molecule has 1 aliphatic heterocycles. The molecule has 12 rings (SSSR count). The molecule has 0 aliphatic carbocycles. The van der Waals surface area contributed by atoms with E-state index in [1.807, 2.05) is 0 Å². The van der Waals surface area contributed by atoms with E-state index in [0.717, 1.165) is 0 Å². The molecular weight excluding hydrogens is 699 g/mol. The Bertz CT molecular complexity index is 3430. The molecule has 58 heavy (non-hydrogen) atoms. The molecule has 0 fully saturated rings. The smallest absolute Gasteiger partial charge is 0.0810 e. The lowest BCUT2D eigenvalue weighted by Crippen LogP contribution is -2.34. The van der Waals surface area contributed by atoms with Crippen molar-refractivity contribution in [2.75, 3.05) is 4.90 Å². The molecular formula is C57H37N. The quantitative estimate of drug-likeness (QED) is 0.126. The maximum Gasteiger partial charge on any atom is 0.0810 e. The summed E-state index contributed by atoms with van der Waals surface area (Å²) >= 11 is 0. The van der Waals surface area contributed by atoms with Gasteiger partial charge >= 0.3 is 0 Å². The van der Waals surface area contributed by atoms with Gasteiger partial charge in [-0.1, -0.05) is 194 Å². The minimum atomic E-state index is 0.0681. The Kier molecular flexibility index (Phi) is 7.36. The van der Waals surface area contributed by atoms with Gasteiger partial charge in [-0.2, -0.15) is 0 Å². The molecule has 1 unspecified atom stereocenters. The summed E-state index contributed by atoms with van der Waals surface area (Å²) in [6.07, 6.45) is 2.48. The van der Waals surface area contributed by atoms with Gasteiger partial charge in [0.1, 0.15) is 0 Å². The minimum Gasteiger partial charge on any atom is -0.330 e. The van der Waals surface area contributed by atoms with Gasteiger partial charge in [-0.25, -0.2) is 0 Å². The van der Waals surface area contributed by atoms with E-state index >= 15 is 0 Å². The maximum atomic E-state index is 2.54. The number of para-hydroxylation sites is 1. The molecule has 0 saturated carbocycles. The number of nitrogens with zero attached hydrogens (tertiary/aromatic N) is 1. The second-order valence-electron chi connectivity index (χ2n) is 15.5. The Labute approximate surface area is 337 Å². The summed E-state index contributed by atoms with van der Waals surface area (Å²) in [5.74, 6) is 0. The summed E-state index contributed by atoms with van der Waals surface area (Å²) in [6.45, 7) is 0. The predicted octanol–water partition coefficient (Wildman–Crippen LogP) is 15.5. The zero-order chi connectivity index (χ0) is 38.2. The molecule has 270 valence electrons. The van der Waals surface area contributed by atoms with Crippen LogP contribution in [0.3, 0.4) is 0 Å². The van der Waals surface area contributed by atoms with Crippen LogP contribution in [0.1, 0.15) is 17.2 Å². The normalized spacial score (nSPS) is 14.1. The van der Waals surface area contributed by atoms with Crippen LogP contribution in [0.15, 0.2) is 218 Å². The average molecular weight is 736 g/mol. The predicted molar refractivity (Wildman–Crippen MR) is 248 cm³/mol. The molecule has 1 aliphatic rings. The van der Waals surface area contributed by atoms with Gasteiger partial charge in [0.15, 0.2) is 0 Å². The van der Waals surface area contributed by atoms with Crippen molar-refractivity contribution >= 4 is 76.0 Å². The highest BCUT2D eigenvalue weighted by Crippen LogP contribution is 2.50. The average Bonchev–Trinajstić information content (AvgIpc) is 3.28. The Balaban J connectivity index is 1.05. The number of hydrogen-bond donors (Lipinski definition) is 0. The second-order valence-corrected chi connectivity index (χ2v) is 15.5. The highest BCUT2D eigenvalue weighted by Gasteiger charge is 2.34. The zero-order valence-corrected chi connectivity index (χ0v) is 31.8. The van der Waals surface area contributed by atoms with Gasteiger partial charge in [-0.05, 0) is 122 Å². The number of hydrogen-bond acceptors (Lipinski definition) is 1. The molecule has 11 aromatic rings. The largest absolute Gasteiger partial charge is 0.330 e. The van der Waals surface area contributed by atoms with Crippen molar-refractivity contribution in [1.82, 2.24) is 0 Å². The lowest BCUT2D eigenvalue weighted by Gasteiger charge is -2.43. The number of anilines is 1. The Hall–Kier alpha value is -7.48. The number of fused-ring (bicyclic) bond motifs is 8. The third-order valence-corrected chi connectivity index (χ3v) is 12.4. The van der Waals surface area contributed by atoms with E-state index < -0.39 is 0 Å². The highest BCUT2D eigenvalue weighted by atomic mass is 15.2. The van der Waals surface area contributed by atoms with E-state index in [1.165, 1.54) is 109 Å². The van der Waals surface area contributed by atoms with Gasteiger partial charge in [0.2, 0.25) is 0 Å². The van der Waals surface area contributed by atoms with E-state index in [1.54, 1.807) is 0 Å². The third-order valence-electron chi connectivity index (χ3n) is 12.4. The summed E-state index contributed by atoms with van der Waals surface area (Å²) < 4.78 is 0. The topological polar surface area (TPSA) is 3.24 Å². The fourth-order valence-electron chi connectivity index (χ4n) is 9.85. The Morgan fingerprint density at radius 3 is 1.55 bits per heavy atom. The second kappa shape index (κ2) is 13.0. The third kappa shape index (κ3) is 4.97. The van der Waals surface area contributed by atoms with Gasteiger partial charge in [0, 0.05) is 11.4 Å². The zero-order valence-electron chi connectivity index (χ0n) is 31.8. The van der Waals surface area contributed by atoms with Crippen molar-refractivity contribution in [3.63, 3.8) is 0 Å². The van der Waals surface area contributed by atoms with Gasteiger partial charge in [0.05, 0.1) is 6.04 Å². The van der Waals surface area contributed by atoms with Crippen LogP contribution in [0.2, 0.25) is 0 Å². The lowest BCUT2D eigenvalue weighted by molar-refractivity contribution is 0.812. The molecule has 1 heteroatoms. The van der Waals surface area contributed by atoms with E-state index in [2.05, 4.69) is 223 Å². The number of benzene rings is 11. The Morgan fingerprint density at radius 1 is 0.310 bits per heavy atom. The van der Waals surface area contributed by atoms with E-state index in [0.29, 0.717) is 0 Å². The van der Waals surface area contributed by atoms with Crippen LogP contribution in [-0.4, -0.2) is 0 Å². The molecule has 0 saturated heterocycles. The van der Waals surface area contributed by atoms with Gasteiger partial charge < -0.3 is 4.90 Å². The summed E-state index contributed by atoms with van der Waals surface area (Å²) in [4.78, 5) is 2.54. The van der Waals surface area contributed by atoms with Crippen molar-refractivity contribution < 1.29 is 0 Å². The molecule has 0 radical (unpaired) electrons. The fourth-order valence-corrected chi connectivity index (χ4v) is 9.85. The summed E-state index contributed by atoms with van der Waals surface area (Å²) in [5, 5.41) is 15.4. The van der Waals surface area contributed by atoms with Crippen LogP contribution in [0.25, 0.3) is 92.6 Å². The van der Waals surface area contributed by atoms with E-state index in [4.69, 9.17) is 0 Å². The molecule has 0 N–H and O–H groups in total. The van der Waals surface area contributed by atoms with Crippen LogP contribution in [0.5, 0.6) is 0 Å². The maximum absolute atomic E-state index is 2.54. The summed E-state index contributed by atoms with van der Waals surface area (Å²) in [7, 11) is 0. The monoisotopic (exact) mass is 735 g/mol. The van der Waals surface area contributed by atoms with Crippen LogP contribution < -0.4 is 4.90 Å². The molecule has 0 aromatic heterocycles. The molecule has 1 atom stereocenters. The molecule has 0 spiro atoms. The van der Waals surface area contributed by atoms with E-state index in [-0.39, 0.29) is 6.04 Å². The van der Waals surface area contributed by atoms with Crippen LogP contribution >= 0.6 is 0 Å². The molecule has 0 amide bonds. The molecule has 0 bridgehead atoms. The molecule has 11 aromatic carbocycles. The lowest BCUT2D eigenvalue weighted by atomic mass is 9.83. The summed E-state index contributed by atoms with van der Waals surface area (Å²) in [5.41, 5.74) is 10.0. The van der Waals surface area contributed by atoms with Crippen molar-refractivity contribution in [3.05, 3.63) is 230 Å². The van der Waals surface area contributed by atoms with Crippen LogP contribution in [0.4, 0.5) is 5.69 Å². The van der Waals surface area contributed by atoms with Crippen LogP contribution in [0, 0.1) is 0 Å². The molecule has 1 nitrogen and oxygen atoms in total. The van der Waals surface area contributed by atoms with Gasteiger partial charge in [-0.3, -0.25) is 0 Å².